The summed E-state index contributed by atoms with van der Waals surface area (Å²) in [5.41, 5.74) is 11.0. The summed E-state index contributed by atoms with van der Waals surface area (Å²) in [6.45, 7) is 3.84. The predicted octanol–water partition coefficient (Wildman–Crippen LogP) is 4.23. The number of pyridine rings is 1. The molecule has 0 saturated carbocycles. The Labute approximate surface area is 244 Å². The number of carbonyl (C=O) groups excluding carboxylic acids is 1. The largest absolute Gasteiger partial charge is 0.433 e. The molecule has 7 rings (SSSR count). The van der Waals surface area contributed by atoms with Gasteiger partial charge >= 0.3 is 0 Å². The number of aliphatic hydroxyl groups excluding tert-OH is 1. The first-order chi connectivity index (χ1) is 20.8. The third-order valence-corrected chi connectivity index (χ3v) is 8.28. The van der Waals surface area contributed by atoms with E-state index >= 15 is 0 Å². The van der Waals surface area contributed by atoms with E-state index in [0.717, 1.165) is 47.1 Å². The normalized spacial score (nSPS) is 17.2. The summed E-state index contributed by atoms with van der Waals surface area (Å²) in [4.78, 5) is 23.4. The molecule has 1 saturated heterocycles. The van der Waals surface area contributed by atoms with E-state index in [0.29, 0.717) is 30.2 Å². The van der Waals surface area contributed by atoms with Crippen LogP contribution in [-0.2, 0) is 11.2 Å². The van der Waals surface area contributed by atoms with Gasteiger partial charge in [-0.1, -0.05) is 12.1 Å². The van der Waals surface area contributed by atoms with E-state index in [9.17, 15) is 18.7 Å². The Hall–Kier alpha value is -4.65. The molecule has 220 valence electrons. The first-order valence-electron chi connectivity index (χ1n) is 13.9. The van der Waals surface area contributed by atoms with E-state index < -0.39 is 17.4 Å². The fourth-order valence-electron chi connectivity index (χ4n) is 5.98. The molecule has 43 heavy (non-hydrogen) atoms. The SMILES string of the molecule is Cc1cc(Oc2c(F)cccc2F)ncc1-n1ncc(C(=O)c2cc3c4c(ccc3[nH]2)CCN(C2COC2)C4CO)c1N. The molecule has 0 bridgehead atoms. The molecule has 0 spiro atoms. The Bertz CT molecular complexity index is 1860. The number of para-hydroxylation sites is 1. The average Bonchev–Trinajstić information content (AvgIpc) is 3.58. The first kappa shape index (κ1) is 27.2. The van der Waals surface area contributed by atoms with Crippen LogP contribution < -0.4 is 10.5 Å². The number of nitrogens with two attached hydrogens (primary N) is 1. The zero-order valence-corrected chi connectivity index (χ0v) is 23.2. The van der Waals surface area contributed by atoms with Gasteiger partial charge < -0.3 is 25.3 Å². The van der Waals surface area contributed by atoms with Crippen molar-refractivity contribution in [1.29, 1.82) is 0 Å². The molecule has 3 aromatic heterocycles. The Kier molecular flexibility index (Phi) is 6.68. The fraction of sp³-hybridized carbons (Fsp3) is 0.258. The van der Waals surface area contributed by atoms with E-state index in [2.05, 4.69) is 26.0 Å². The highest BCUT2D eigenvalue weighted by atomic mass is 19.1. The number of aliphatic hydroxyl groups is 1. The molecule has 0 radical (unpaired) electrons. The van der Waals surface area contributed by atoms with Crippen molar-refractivity contribution in [3.05, 3.63) is 94.4 Å². The Morgan fingerprint density at radius 1 is 1.19 bits per heavy atom. The van der Waals surface area contributed by atoms with E-state index in [1.54, 1.807) is 6.92 Å². The van der Waals surface area contributed by atoms with Crippen LogP contribution in [0.15, 0.2) is 54.9 Å². The minimum Gasteiger partial charge on any atom is -0.433 e. The van der Waals surface area contributed by atoms with Crippen LogP contribution in [-0.4, -0.2) is 67.9 Å². The molecule has 0 amide bonds. The number of nitrogen functional groups attached to an aromatic ring is 1. The lowest BCUT2D eigenvalue weighted by Crippen LogP contribution is -2.53. The topological polar surface area (TPSA) is 132 Å². The maximum Gasteiger partial charge on any atom is 0.219 e. The number of nitrogens with one attached hydrogen (secondary N) is 1. The Balaban J connectivity index is 1.18. The first-order valence-corrected chi connectivity index (χ1v) is 13.9. The van der Waals surface area contributed by atoms with Crippen molar-refractivity contribution in [3.63, 3.8) is 0 Å². The van der Waals surface area contributed by atoms with Crippen molar-refractivity contribution in [2.24, 2.45) is 0 Å². The summed E-state index contributed by atoms with van der Waals surface area (Å²) in [7, 11) is 0. The van der Waals surface area contributed by atoms with Crippen LogP contribution in [0.4, 0.5) is 14.6 Å². The molecule has 2 aromatic carbocycles. The van der Waals surface area contributed by atoms with Crippen molar-refractivity contribution in [3.8, 4) is 17.3 Å². The van der Waals surface area contributed by atoms with Crippen molar-refractivity contribution in [2.45, 2.75) is 25.4 Å². The third kappa shape index (κ3) is 4.54. The number of nitrogens with zero attached hydrogens (tertiary/aromatic N) is 4. The van der Waals surface area contributed by atoms with Gasteiger partial charge in [-0.15, -0.1) is 0 Å². The van der Waals surface area contributed by atoms with Gasteiger partial charge in [0.15, 0.2) is 11.6 Å². The highest BCUT2D eigenvalue weighted by Gasteiger charge is 2.36. The van der Waals surface area contributed by atoms with Gasteiger partial charge in [-0.2, -0.15) is 5.10 Å². The maximum absolute atomic E-state index is 14.0. The highest BCUT2D eigenvalue weighted by molar-refractivity contribution is 6.12. The number of ether oxygens (including phenoxy) is 2. The number of hydrogen-bond donors (Lipinski definition) is 3. The molecule has 5 aromatic rings. The summed E-state index contributed by atoms with van der Waals surface area (Å²) in [6, 6.07) is 10.8. The summed E-state index contributed by atoms with van der Waals surface area (Å²) >= 11 is 0. The maximum atomic E-state index is 14.0. The van der Waals surface area contributed by atoms with Gasteiger partial charge in [0.1, 0.15) is 5.82 Å². The minimum absolute atomic E-state index is 0.0155. The van der Waals surface area contributed by atoms with Crippen LogP contribution in [0, 0.1) is 18.6 Å². The standard InChI is InChI=1S/C31H28F2N6O4/c1-16-9-27(43-30-21(32)3-2-4-22(30)33)35-12-25(16)39-31(34)20(11-36-39)29(41)24-10-19-23(37-24)6-5-17-7-8-38(18-14-42-15-18)26(13-40)28(17)19/h2-6,9-12,18,26,37,40H,7-8,13-15,34H2,1H3. The van der Waals surface area contributed by atoms with Crippen LogP contribution in [0.1, 0.15) is 38.8 Å². The molecule has 1 unspecified atom stereocenters. The van der Waals surface area contributed by atoms with E-state index in [1.165, 1.54) is 29.2 Å². The number of halogens is 2. The van der Waals surface area contributed by atoms with E-state index in [1.807, 2.05) is 12.1 Å². The van der Waals surface area contributed by atoms with E-state index in [-0.39, 0.29) is 41.7 Å². The minimum atomic E-state index is -0.849. The van der Waals surface area contributed by atoms with Gasteiger partial charge in [0, 0.05) is 23.5 Å². The number of carbonyl (C=O) groups is 1. The molecule has 4 N–H and O–H groups in total. The van der Waals surface area contributed by atoms with Crippen LogP contribution in [0.5, 0.6) is 11.6 Å². The fourth-order valence-corrected chi connectivity index (χ4v) is 5.98. The summed E-state index contributed by atoms with van der Waals surface area (Å²) in [5, 5.41) is 15.6. The number of H-pyrrole nitrogens is 1. The Morgan fingerprint density at radius 2 is 1.98 bits per heavy atom. The average molecular weight is 587 g/mol. The van der Waals surface area contributed by atoms with Crippen LogP contribution in [0.2, 0.25) is 0 Å². The monoisotopic (exact) mass is 586 g/mol. The Morgan fingerprint density at radius 3 is 2.67 bits per heavy atom. The van der Waals surface area contributed by atoms with Crippen molar-refractivity contribution >= 4 is 22.5 Å². The molecular weight excluding hydrogens is 558 g/mol. The lowest BCUT2D eigenvalue weighted by atomic mass is 9.88. The molecule has 10 nitrogen and oxygen atoms in total. The highest BCUT2D eigenvalue weighted by Crippen LogP contribution is 2.38. The molecule has 0 aliphatic carbocycles. The second-order valence-corrected chi connectivity index (χ2v) is 10.8. The zero-order valence-electron chi connectivity index (χ0n) is 23.2. The molecule has 1 fully saturated rings. The number of aryl methyl sites for hydroxylation is 1. The molecule has 2 aliphatic heterocycles. The molecule has 12 heteroatoms. The smallest absolute Gasteiger partial charge is 0.219 e. The van der Waals surface area contributed by atoms with E-state index in [4.69, 9.17) is 15.2 Å². The zero-order chi connectivity index (χ0) is 29.8. The van der Waals surface area contributed by atoms with Gasteiger partial charge in [0.25, 0.3) is 0 Å². The second kappa shape index (κ2) is 10.6. The van der Waals surface area contributed by atoms with Gasteiger partial charge in [0.2, 0.25) is 17.4 Å². The second-order valence-electron chi connectivity index (χ2n) is 10.8. The van der Waals surface area contributed by atoms with Crippen molar-refractivity contribution in [1.82, 2.24) is 24.6 Å². The predicted molar refractivity (Wildman–Crippen MR) is 154 cm³/mol. The number of benzene rings is 2. The summed E-state index contributed by atoms with van der Waals surface area (Å²) < 4.78 is 40.2. The molecule has 5 heterocycles. The number of fused-ring (bicyclic) bond motifs is 3. The van der Waals surface area contributed by atoms with Crippen LogP contribution >= 0.6 is 0 Å². The van der Waals surface area contributed by atoms with Crippen LogP contribution in [0.25, 0.3) is 16.6 Å². The molecular formula is C31H28F2N6O4. The number of rotatable bonds is 7. The summed E-state index contributed by atoms with van der Waals surface area (Å²) in [6.07, 6.45) is 3.65. The van der Waals surface area contributed by atoms with Gasteiger partial charge in [-0.3, -0.25) is 9.69 Å². The molecule has 1 atom stereocenters. The quantitative estimate of drug-likeness (QED) is 0.242. The van der Waals surface area contributed by atoms with Crippen molar-refractivity contribution < 1.29 is 28.2 Å². The van der Waals surface area contributed by atoms with Gasteiger partial charge in [-0.25, -0.2) is 18.4 Å². The number of aromatic amines is 1. The molecule has 2 aliphatic rings. The lowest BCUT2D eigenvalue weighted by Gasteiger charge is -2.45. The van der Waals surface area contributed by atoms with Gasteiger partial charge in [-0.05, 0) is 54.3 Å². The number of hydrogen-bond acceptors (Lipinski definition) is 8. The van der Waals surface area contributed by atoms with Gasteiger partial charge in [0.05, 0.1) is 61.2 Å². The number of ketones is 1. The third-order valence-electron chi connectivity index (χ3n) is 8.28. The summed E-state index contributed by atoms with van der Waals surface area (Å²) in [5.74, 6) is -2.50. The number of aromatic nitrogens is 4. The lowest BCUT2D eigenvalue weighted by molar-refractivity contribution is -0.0886. The van der Waals surface area contributed by atoms with Crippen molar-refractivity contribution in [2.75, 3.05) is 32.1 Å². The van der Waals surface area contributed by atoms with Crippen LogP contribution in [0.3, 0.4) is 0 Å². The number of anilines is 1.